The van der Waals surface area contributed by atoms with Crippen LogP contribution in [-0.2, 0) is 0 Å². The van der Waals surface area contributed by atoms with Crippen molar-refractivity contribution in [3.63, 3.8) is 0 Å². The summed E-state index contributed by atoms with van der Waals surface area (Å²) in [5.41, 5.74) is -0.219. The van der Waals surface area contributed by atoms with Crippen molar-refractivity contribution in [3.05, 3.63) is 48.0 Å². The highest BCUT2D eigenvalue weighted by molar-refractivity contribution is 5.94. The molecule has 0 aliphatic rings. The highest BCUT2D eigenvalue weighted by atomic mass is 19.4. The van der Waals surface area contributed by atoms with E-state index in [1.54, 1.807) is 0 Å². The lowest BCUT2D eigenvalue weighted by atomic mass is 10.1. The minimum absolute atomic E-state index is 0.0650. The summed E-state index contributed by atoms with van der Waals surface area (Å²) in [5, 5.41) is 4.76. The molecular weight excluding hydrogens is 311 g/mol. The van der Waals surface area contributed by atoms with Gasteiger partial charge in [0.1, 0.15) is 0 Å². The van der Waals surface area contributed by atoms with Gasteiger partial charge in [-0.25, -0.2) is 9.97 Å². The molecule has 2 N–H and O–H groups in total. The van der Waals surface area contributed by atoms with E-state index < -0.39 is 18.1 Å². The predicted octanol–water partition coefficient (Wildman–Crippen LogP) is 2.34. The number of aromatic nitrogens is 3. The maximum Gasteiger partial charge on any atom is 0.412 e. The summed E-state index contributed by atoms with van der Waals surface area (Å²) in [6.07, 6.45) is 0.0898. The molecule has 23 heavy (non-hydrogen) atoms. The second-order valence-corrected chi connectivity index (χ2v) is 4.56. The van der Waals surface area contributed by atoms with Crippen LogP contribution in [0.5, 0.6) is 0 Å². The van der Waals surface area contributed by atoms with E-state index in [9.17, 15) is 18.0 Å². The number of nitrogens with one attached hydrogen (secondary N) is 2. The van der Waals surface area contributed by atoms with E-state index in [4.69, 9.17) is 0 Å². The molecule has 122 valence electrons. The highest BCUT2D eigenvalue weighted by Gasteiger charge is 2.42. The van der Waals surface area contributed by atoms with Gasteiger partial charge in [-0.2, -0.15) is 13.2 Å². The van der Waals surface area contributed by atoms with Crippen molar-refractivity contribution in [3.8, 4) is 0 Å². The van der Waals surface area contributed by atoms with Crippen LogP contribution in [0.25, 0.3) is 0 Å². The topological polar surface area (TPSA) is 79.8 Å². The van der Waals surface area contributed by atoms with Crippen molar-refractivity contribution in [1.29, 1.82) is 0 Å². The Morgan fingerprint density at radius 2 is 1.96 bits per heavy atom. The van der Waals surface area contributed by atoms with Gasteiger partial charge in [0.15, 0.2) is 6.04 Å². The molecule has 1 unspecified atom stereocenters. The Kier molecular flexibility index (Phi) is 5.09. The van der Waals surface area contributed by atoms with Crippen molar-refractivity contribution in [2.75, 3.05) is 11.9 Å². The Labute approximate surface area is 130 Å². The van der Waals surface area contributed by atoms with Crippen LogP contribution in [-0.4, -0.2) is 33.6 Å². The molecule has 2 heterocycles. The van der Waals surface area contributed by atoms with Crippen LogP contribution in [0.2, 0.25) is 0 Å². The Hall–Kier alpha value is -2.71. The fourth-order valence-corrected chi connectivity index (χ4v) is 1.81. The van der Waals surface area contributed by atoms with Gasteiger partial charge in [0.2, 0.25) is 5.95 Å². The SMILES string of the molecule is CCNc1ncc(C(=O)NC(c2cccnc2)C(F)(F)F)cn1. The maximum atomic E-state index is 13.2. The summed E-state index contributed by atoms with van der Waals surface area (Å²) < 4.78 is 39.5. The minimum atomic E-state index is -4.65. The van der Waals surface area contributed by atoms with Crippen molar-refractivity contribution >= 4 is 11.9 Å². The molecule has 0 saturated carbocycles. The molecule has 0 saturated heterocycles. The van der Waals surface area contributed by atoms with Crippen LogP contribution in [0.1, 0.15) is 28.9 Å². The lowest BCUT2D eigenvalue weighted by molar-refractivity contribution is -0.155. The monoisotopic (exact) mass is 325 g/mol. The molecule has 0 fully saturated rings. The van der Waals surface area contributed by atoms with Gasteiger partial charge in [-0.05, 0) is 13.0 Å². The molecule has 0 aliphatic carbocycles. The maximum absolute atomic E-state index is 13.2. The molecule has 0 spiro atoms. The fraction of sp³-hybridized carbons (Fsp3) is 0.286. The van der Waals surface area contributed by atoms with Crippen LogP contribution >= 0.6 is 0 Å². The van der Waals surface area contributed by atoms with E-state index in [1.807, 2.05) is 12.2 Å². The zero-order chi connectivity index (χ0) is 16.9. The van der Waals surface area contributed by atoms with Gasteiger partial charge in [0.25, 0.3) is 5.91 Å². The number of nitrogens with zero attached hydrogens (tertiary/aromatic N) is 3. The standard InChI is InChI=1S/C14H14F3N5O/c1-2-19-13-20-7-10(8-21-13)12(23)22-11(14(15,16)17)9-4-3-5-18-6-9/h3-8,11H,2H2,1H3,(H,22,23)(H,19,20,21). The van der Waals surface area contributed by atoms with E-state index in [0.717, 1.165) is 18.6 Å². The smallest absolute Gasteiger partial charge is 0.355 e. The summed E-state index contributed by atoms with van der Waals surface area (Å²) in [7, 11) is 0. The number of pyridine rings is 1. The number of carbonyl (C=O) groups excluding carboxylic acids is 1. The largest absolute Gasteiger partial charge is 0.412 e. The minimum Gasteiger partial charge on any atom is -0.355 e. The number of halogens is 3. The lowest BCUT2D eigenvalue weighted by Gasteiger charge is -2.21. The molecule has 6 nitrogen and oxygen atoms in total. The fourth-order valence-electron chi connectivity index (χ4n) is 1.81. The first-order valence-corrected chi connectivity index (χ1v) is 6.75. The van der Waals surface area contributed by atoms with Crippen LogP contribution in [0, 0.1) is 0 Å². The van der Waals surface area contributed by atoms with Gasteiger partial charge in [-0.1, -0.05) is 6.07 Å². The molecule has 9 heteroatoms. The summed E-state index contributed by atoms with van der Waals surface area (Å²) in [6, 6.07) is 0.460. The van der Waals surface area contributed by atoms with Gasteiger partial charge in [-0.15, -0.1) is 0 Å². The van der Waals surface area contributed by atoms with Crippen LogP contribution < -0.4 is 10.6 Å². The molecule has 0 aliphatic heterocycles. The van der Waals surface area contributed by atoms with Crippen LogP contribution in [0.4, 0.5) is 19.1 Å². The zero-order valence-corrected chi connectivity index (χ0v) is 12.1. The highest BCUT2D eigenvalue weighted by Crippen LogP contribution is 2.32. The molecule has 1 atom stereocenters. The van der Waals surface area contributed by atoms with Gasteiger partial charge >= 0.3 is 6.18 Å². The lowest BCUT2D eigenvalue weighted by Crippen LogP contribution is -2.38. The molecule has 2 aromatic heterocycles. The average molecular weight is 325 g/mol. The third-order valence-corrected chi connectivity index (χ3v) is 2.87. The van der Waals surface area contributed by atoms with Crippen molar-refractivity contribution in [2.45, 2.75) is 19.1 Å². The number of hydrogen-bond donors (Lipinski definition) is 2. The first kappa shape index (κ1) is 16.7. The number of carbonyl (C=O) groups is 1. The summed E-state index contributed by atoms with van der Waals surface area (Å²) in [4.78, 5) is 23.4. The summed E-state index contributed by atoms with van der Waals surface area (Å²) >= 11 is 0. The molecule has 0 radical (unpaired) electrons. The Morgan fingerprint density at radius 1 is 1.26 bits per heavy atom. The molecule has 0 aromatic carbocycles. The third-order valence-electron chi connectivity index (χ3n) is 2.87. The van der Waals surface area contributed by atoms with E-state index in [-0.39, 0.29) is 11.1 Å². The number of anilines is 1. The third kappa shape index (κ3) is 4.38. The average Bonchev–Trinajstić information content (AvgIpc) is 2.53. The molecule has 1 amide bonds. The van der Waals surface area contributed by atoms with Crippen molar-refractivity contribution < 1.29 is 18.0 Å². The Morgan fingerprint density at radius 3 is 2.48 bits per heavy atom. The van der Waals surface area contributed by atoms with E-state index in [0.29, 0.717) is 12.5 Å². The molecule has 2 aromatic rings. The Bertz CT molecular complexity index is 646. The van der Waals surface area contributed by atoms with E-state index in [1.165, 1.54) is 18.3 Å². The van der Waals surface area contributed by atoms with Gasteiger partial charge in [0, 0.05) is 36.9 Å². The van der Waals surface area contributed by atoms with Gasteiger partial charge in [-0.3, -0.25) is 9.78 Å². The number of alkyl halides is 3. The van der Waals surface area contributed by atoms with Crippen molar-refractivity contribution in [1.82, 2.24) is 20.3 Å². The first-order valence-electron chi connectivity index (χ1n) is 6.75. The number of hydrogen-bond acceptors (Lipinski definition) is 5. The molecule has 0 bridgehead atoms. The summed E-state index contributed by atoms with van der Waals surface area (Å²) in [5.74, 6) is -0.622. The van der Waals surface area contributed by atoms with Crippen molar-refractivity contribution in [2.24, 2.45) is 0 Å². The van der Waals surface area contributed by atoms with Gasteiger partial charge in [0.05, 0.1) is 5.56 Å². The molecular formula is C14H14F3N5O. The summed E-state index contributed by atoms with van der Waals surface area (Å²) in [6.45, 7) is 2.43. The quantitative estimate of drug-likeness (QED) is 0.882. The van der Waals surface area contributed by atoms with Crippen LogP contribution in [0.3, 0.4) is 0 Å². The second kappa shape index (κ2) is 7.03. The van der Waals surface area contributed by atoms with Gasteiger partial charge < -0.3 is 10.6 Å². The normalized spacial score (nSPS) is 12.5. The zero-order valence-electron chi connectivity index (χ0n) is 12.1. The Balaban J connectivity index is 2.18. The second-order valence-electron chi connectivity index (χ2n) is 4.56. The predicted molar refractivity (Wildman–Crippen MR) is 76.7 cm³/mol. The molecule has 2 rings (SSSR count). The van der Waals surface area contributed by atoms with E-state index in [2.05, 4.69) is 20.3 Å². The van der Waals surface area contributed by atoms with E-state index >= 15 is 0 Å². The number of amides is 1. The number of rotatable bonds is 5. The van der Waals surface area contributed by atoms with Crippen LogP contribution in [0.15, 0.2) is 36.9 Å². The first-order chi connectivity index (χ1) is 10.9.